The zero-order valence-corrected chi connectivity index (χ0v) is 8.11. The molecule has 1 aromatic rings. The molecular formula is C8H8INO. The van der Waals surface area contributed by atoms with Crippen molar-refractivity contribution in [2.24, 2.45) is 0 Å². The summed E-state index contributed by atoms with van der Waals surface area (Å²) in [5.41, 5.74) is 1.19. The fraction of sp³-hybridized carbons (Fsp3) is 0.250. The van der Waals surface area contributed by atoms with Crippen LogP contribution in [0.25, 0.3) is 5.76 Å². The van der Waals surface area contributed by atoms with Crippen molar-refractivity contribution >= 4 is 28.8 Å². The molecule has 1 aliphatic heterocycles. The summed E-state index contributed by atoms with van der Waals surface area (Å²) in [6.07, 6.45) is 5.28. The normalized spacial score (nSPS) is 15.5. The fourth-order valence-corrected chi connectivity index (χ4v) is 1.75. The molecule has 0 fully saturated rings. The number of hydrogen-bond acceptors (Lipinski definition) is 1. The third-order valence-electron chi connectivity index (χ3n) is 1.86. The van der Waals surface area contributed by atoms with E-state index in [9.17, 15) is 0 Å². The number of rotatable bonds is 1. The molecule has 2 nitrogen and oxygen atoms in total. The number of allylic oxidation sites excluding steroid dienone is 1. The molecule has 2 heterocycles. The highest BCUT2D eigenvalue weighted by molar-refractivity contribution is 14.1. The molecule has 0 unspecified atom stereocenters. The molecule has 0 saturated carbocycles. The quantitative estimate of drug-likeness (QED) is 0.709. The van der Waals surface area contributed by atoms with Gasteiger partial charge in [0.1, 0.15) is 0 Å². The smallest absolute Gasteiger partial charge is 0.192 e. The maximum absolute atomic E-state index is 5.19. The molecule has 0 aromatic carbocycles. The summed E-state index contributed by atoms with van der Waals surface area (Å²) in [5, 5.41) is 0. The first-order valence-corrected chi connectivity index (χ1v) is 4.44. The molecular weight excluding hydrogens is 253 g/mol. The third-order valence-corrected chi connectivity index (χ3v) is 2.34. The van der Waals surface area contributed by atoms with Gasteiger partial charge in [0.2, 0.25) is 0 Å². The number of halogens is 1. The summed E-state index contributed by atoms with van der Waals surface area (Å²) in [5.74, 6) is 0.988. The molecule has 58 valence electrons. The monoisotopic (exact) mass is 261 g/mol. The van der Waals surface area contributed by atoms with Gasteiger partial charge >= 0.3 is 0 Å². The van der Waals surface area contributed by atoms with E-state index in [2.05, 4.69) is 22.9 Å². The van der Waals surface area contributed by atoms with Gasteiger partial charge in [-0.25, -0.2) is 0 Å². The Morgan fingerprint density at radius 3 is 3.27 bits per heavy atom. The van der Waals surface area contributed by atoms with E-state index in [4.69, 9.17) is 3.07 Å². The van der Waals surface area contributed by atoms with E-state index >= 15 is 0 Å². The standard InChI is InChI=1S/C8H8INO/c9-11-8-4-2-6-10-5-1-3-7(8)10/h1,3-5H,2,6H2. The number of hydrogen-bond donors (Lipinski definition) is 0. The molecule has 0 radical (unpaired) electrons. The second-order valence-corrected chi connectivity index (χ2v) is 2.96. The van der Waals surface area contributed by atoms with Gasteiger partial charge in [-0.15, -0.1) is 0 Å². The maximum Gasteiger partial charge on any atom is 0.192 e. The first-order chi connectivity index (χ1) is 5.42. The summed E-state index contributed by atoms with van der Waals surface area (Å²) in [6, 6.07) is 4.12. The van der Waals surface area contributed by atoms with Crippen LogP contribution in [0.15, 0.2) is 24.4 Å². The van der Waals surface area contributed by atoms with Crippen LogP contribution in [0.2, 0.25) is 0 Å². The Bertz CT molecular complexity index is 290. The minimum atomic E-state index is 0.988. The summed E-state index contributed by atoms with van der Waals surface area (Å²) in [7, 11) is 0. The largest absolute Gasteiger partial charge is 0.426 e. The number of fused-ring (bicyclic) bond motifs is 1. The Morgan fingerprint density at radius 1 is 1.55 bits per heavy atom. The topological polar surface area (TPSA) is 14.2 Å². The van der Waals surface area contributed by atoms with Crippen LogP contribution in [0.3, 0.4) is 0 Å². The van der Waals surface area contributed by atoms with E-state index in [1.165, 1.54) is 5.69 Å². The third kappa shape index (κ3) is 1.17. The summed E-state index contributed by atoms with van der Waals surface area (Å²) in [6.45, 7) is 1.08. The minimum absolute atomic E-state index is 0.988. The van der Waals surface area contributed by atoms with Crippen molar-refractivity contribution in [3.05, 3.63) is 30.1 Å². The average Bonchev–Trinajstić information content (AvgIpc) is 2.50. The first-order valence-electron chi connectivity index (χ1n) is 3.56. The van der Waals surface area contributed by atoms with E-state index in [1.54, 1.807) is 0 Å². The first kappa shape index (κ1) is 7.21. The van der Waals surface area contributed by atoms with Crippen molar-refractivity contribution in [2.45, 2.75) is 13.0 Å². The van der Waals surface area contributed by atoms with Crippen molar-refractivity contribution in [2.75, 3.05) is 0 Å². The number of aromatic nitrogens is 1. The molecule has 11 heavy (non-hydrogen) atoms. The van der Waals surface area contributed by atoms with Crippen molar-refractivity contribution in [1.82, 2.24) is 4.57 Å². The molecule has 0 atom stereocenters. The SMILES string of the molecule is IOC1=CCCn2cccc21. The van der Waals surface area contributed by atoms with Gasteiger partial charge in [-0.2, -0.15) is 0 Å². The molecule has 2 rings (SSSR count). The highest BCUT2D eigenvalue weighted by Gasteiger charge is 2.11. The summed E-state index contributed by atoms with van der Waals surface area (Å²) >= 11 is 1.92. The van der Waals surface area contributed by atoms with E-state index in [0.29, 0.717) is 0 Å². The lowest BCUT2D eigenvalue weighted by Gasteiger charge is -2.13. The Hall–Kier alpha value is -0.450. The van der Waals surface area contributed by atoms with E-state index in [-0.39, 0.29) is 0 Å². The fourth-order valence-electron chi connectivity index (χ4n) is 1.34. The van der Waals surface area contributed by atoms with Crippen LogP contribution in [-0.4, -0.2) is 4.57 Å². The Labute approximate surface area is 79.5 Å². The molecule has 1 aliphatic rings. The van der Waals surface area contributed by atoms with Crippen LogP contribution in [0.4, 0.5) is 0 Å². The number of nitrogens with zero attached hydrogens (tertiary/aromatic N) is 1. The van der Waals surface area contributed by atoms with Crippen molar-refractivity contribution < 1.29 is 3.07 Å². The van der Waals surface area contributed by atoms with Gasteiger partial charge in [0.25, 0.3) is 0 Å². The van der Waals surface area contributed by atoms with Crippen molar-refractivity contribution in [1.29, 1.82) is 0 Å². The average molecular weight is 261 g/mol. The highest BCUT2D eigenvalue weighted by Crippen LogP contribution is 2.24. The summed E-state index contributed by atoms with van der Waals surface area (Å²) < 4.78 is 7.39. The lowest BCUT2D eigenvalue weighted by molar-refractivity contribution is 0.605. The second-order valence-electron chi connectivity index (χ2n) is 2.52. The summed E-state index contributed by atoms with van der Waals surface area (Å²) in [4.78, 5) is 0. The molecule has 1 aromatic heterocycles. The van der Waals surface area contributed by atoms with Gasteiger partial charge in [-0.05, 0) is 24.6 Å². The molecule has 0 amide bonds. The number of aryl methyl sites for hydroxylation is 1. The van der Waals surface area contributed by atoms with Crippen LogP contribution in [0.1, 0.15) is 12.1 Å². The minimum Gasteiger partial charge on any atom is -0.426 e. The van der Waals surface area contributed by atoms with Crippen LogP contribution in [-0.2, 0) is 9.61 Å². The Kier molecular flexibility index (Phi) is 1.89. The van der Waals surface area contributed by atoms with Gasteiger partial charge < -0.3 is 7.63 Å². The van der Waals surface area contributed by atoms with Gasteiger partial charge in [0.15, 0.2) is 28.8 Å². The van der Waals surface area contributed by atoms with Crippen molar-refractivity contribution in [3.8, 4) is 0 Å². The van der Waals surface area contributed by atoms with Crippen LogP contribution in [0.5, 0.6) is 0 Å². The van der Waals surface area contributed by atoms with Gasteiger partial charge in [-0.3, -0.25) is 0 Å². The molecule has 3 heteroatoms. The van der Waals surface area contributed by atoms with Crippen molar-refractivity contribution in [3.63, 3.8) is 0 Å². The Balaban J connectivity index is 2.45. The lowest BCUT2D eigenvalue weighted by atomic mass is 10.2. The molecule has 0 aliphatic carbocycles. The van der Waals surface area contributed by atoms with Gasteiger partial charge in [0, 0.05) is 12.7 Å². The zero-order valence-electron chi connectivity index (χ0n) is 5.96. The molecule has 0 N–H and O–H groups in total. The molecule has 0 spiro atoms. The maximum atomic E-state index is 5.19. The van der Waals surface area contributed by atoms with Crippen LogP contribution >= 0.6 is 23.0 Å². The predicted octanol–water partition coefficient (Wildman–Crippen LogP) is 2.60. The van der Waals surface area contributed by atoms with Crippen LogP contribution in [0, 0.1) is 0 Å². The van der Waals surface area contributed by atoms with Gasteiger partial charge in [0.05, 0.1) is 5.69 Å². The van der Waals surface area contributed by atoms with E-state index in [1.807, 2.05) is 29.1 Å². The zero-order chi connectivity index (χ0) is 7.68. The molecule has 0 saturated heterocycles. The van der Waals surface area contributed by atoms with Crippen LogP contribution < -0.4 is 0 Å². The van der Waals surface area contributed by atoms with Gasteiger partial charge in [-0.1, -0.05) is 0 Å². The van der Waals surface area contributed by atoms with E-state index in [0.717, 1.165) is 18.7 Å². The lowest BCUT2D eigenvalue weighted by Crippen LogP contribution is -2.05. The second kappa shape index (κ2) is 2.89. The highest BCUT2D eigenvalue weighted by atomic mass is 127. The predicted molar refractivity (Wildman–Crippen MR) is 52.1 cm³/mol. The Morgan fingerprint density at radius 2 is 2.45 bits per heavy atom. The van der Waals surface area contributed by atoms with E-state index < -0.39 is 0 Å². The molecule has 0 bridgehead atoms.